The first-order chi connectivity index (χ1) is 13.0. The lowest BCUT2D eigenvalue weighted by atomic mass is 10.1. The number of aromatic nitrogens is 2. The summed E-state index contributed by atoms with van der Waals surface area (Å²) in [5, 5.41) is 1.94. The predicted molar refractivity (Wildman–Crippen MR) is 104 cm³/mol. The van der Waals surface area contributed by atoms with Gasteiger partial charge in [0.2, 0.25) is 0 Å². The molecule has 2 unspecified atom stereocenters. The Kier molecular flexibility index (Phi) is 4.94. The molecule has 6 nitrogen and oxygen atoms in total. The standard InChI is InChI=1S/C18H14Cl2N2O4S/c1-24-17(23)16-18(4-6-27-16,26-9-11-3-2-5-25-11)22-10-21-14-7-12(19)13(20)8-15(14)22/h2-8,10,16H,9H2,1H3. The van der Waals surface area contributed by atoms with E-state index in [9.17, 15) is 4.79 Å². The van der Waals surface area contributed by atoms with E-state index in [-0.39, 0.29) is 6.61 Å². The first-order valence-electron chi connectivity index (χ1n) is 7.95. The highest BCUT2D eigenvalue weighted by Crippen LogP contribution is 2.43. The number of fused-ring (bicyclic) bond motifs is 1. The highest BCUT2D eigenvalue weighted by molar-refractivity contribution is 8.03. The number of imidazole rings is 1. The molecule has 3 heterocycles. The predicted octanol–water partition coefficient (Wildman–Crippen LogP) is 4.61. The van der Waals surface area contributed by atoms with Crippen molar-refractivity contribution in [3.63, 3.8) is 0 Å². The van der Waals surface area contributed by atoms with Gasteiger partial charge in [-0.25, -0.2) is 4.98 Å². The van der Waals surface area contributed by atoms with Crippen LogP contribution < -0.4 is 0 Å². The van der Waals surface area contributed by atoms with Crippen molar-refractivity contribution in [2.24, 2.45) is 0 Å². The Morgan fingerprint density at radius 1 is 1.41 bits per heavy atom. The molecule has 27 heavy (non-hydrogen) atoms. The third-order valence-electron chi connectivity index (χ3n) is 4.30. The number of ether oxygens (including phenoxy) is 2. The number of esters is 1. The Bertz CT molecular complexity index is 1020. The van der Waals surface area contributed by atoms with Gasteiger partial charge >= 0.3 is 5.97 Å². The molecule has 0 aliphatic carbocycles. The van der Waals surface area contributed by atoms with Crippen LogP contribution in [-0.2, 0) is 26.6 Å². The van der Waals surface area contributed by atoms with Crippen LogP contribution in [0.25, 0.3) is 11.0 Å². The van der Waals surface area contributed by atoms with Crippen molar-refractivity contribution < 1.29 is 18.7 Å². The smallest absolute Gasteiger partial charge is 0.324 e. The molecule has 0 amide bonds. The van der Waals surface area contributed by atoms with Crippen molar-refractivity contribution in [2.75, 3.05) is 7.11 Å². The van der Waals surface area contributed by atoms with E-state index in [0.29, 0.717) is 26.8 Å². The Balaban J connectivity index is 1.84. The fraction of sp³-hybridized carbons (Fsp3) is 0.222. The molecule has 0 radical (unpaired) electrons. The summed E-state index contributed by atoms with van der Waals surface area (Å²) < 4.78 is 18.4. The van der Waals surface area contributed by atoms with Crippen LogP contribution in [0.3, 0.4) is 0 Å². The van der Waals surface area contributed by atoms with Gasteiger partial charge < -0.3 is 13.9 Å². The number of rotatable bonds is 5. The van der Waals surface area contributed by atoms with Crippen LogP contribution in [0.4, 0.5) is 0 Å². The molecule has 2 atom stereocenters. The minimum Gasteiger partial charge on any atom is -0.468 e. The molecule has 0 saturated heterocycles. The number of carbonyl (C=O) groups excluding carboxylic acids is 1. The topological polar surface area (TPSA) is 66.5 Å². The number of thioether (sulfide) groups is 1. The van der Waals surface area contributed by atoms with E-state index < -0.39 is 16.9 Å². The van der Waals surface area contributed by atoms with Crippen LogP contribution in [-0.4, -0.2) is 27.9 Å². The number of furan rings is 1. The van der Waals surface area contributed by atoms with Crippen LogP contribution in [0.15, 0.2) is 52.8 Å². The number of carbonyl (C=O) groups is 1. The van der Waals surface area contributed by atoms with Crippen molar-refractivity contribution in [1.29, 1.82) is 0 Å². The van der Waals surface area contributed by atoms with Crippen molar-refractivity contribution in [1.82, 2.24) is 9.55 Å². The number of hydrogen-bond donors (Lipinski definition) is 0. The fourth-order valence-corrected chi connectivity index (χ4v) is 4.40. The molecule has 1 aliphatic heterocycles. The average molecular weight is 425 g/mol. The highest BCUT2D eigenvalue weighted by atomic mass is 35.5. The van der Waals surface area contributed by atoms with Gasteiger partial charge in [-0.2, -0.15) is 0 Å². The SMILES string of the molecule is COC(=O)C1SC=CC1(OCc1ccco1)n1cnc2cc(Cl)c(Cl)cc21. The zero-order valence-electron chi connectivity index (χ0n) is 14.1. The molecule has 140 valence electrons. The Morgan fingerprint density at radius 2 is 2.22 bits per heavy atom. The summed E-state index contributed by atoms with van der Waals surface area (Å²) in [5.74, 6) is 0.222. The van der Waals surface area contributed by atoms with Crippen LogP contribution in [0.5, 0.6) is 0 Å². The summed E-state index contributed by atoms with van der Waals surface area (Å²) in [4.78, 5) is 16.9. The van der Waals surface area contributed by atoms with E-state index in [0.717, 1.165) is 0 Å². The third-order valence-corrected chi connectivity index (χ3v) is 6.12. The van der Waals surface area contributed by atoms with Crippen LogP contribution in [0.1, 0.15) is 5.76 Å². The Labute approximate surface area is 169 Å². The van der Waals surface area contributed by atoms with Gasteiger partial charge in [0, 0.05) is 0 Å². The van der Waals surface area contributed by atoms with E-state index in [2.05, 4.69) is 4.98 Å². The van der Waals surface area contributed by atoms with Crippen LogP contribution in [0, 0.1) is 0 Å². The van der Waals surface area contributed by atoms with E-state index in [1.807, 2.05) is 11.5 Å². The first-order valence-corrected chi connectivity index (χ1v) is 9.65. The maximum Gasteiger partial charge on any atom is 0.324 e. The zero-order valence-corrected chi connectivity index (χ0v) is 16.4. The summed E-state index contributed by atoms with van der Waals surface area (Å²) in [6.45, 7) is 0.159. The van der Waals surface area contributed by atoms with E-state index in [4.69, 9.17) is 37.1 Å². The average Bonchev–Trinajstić information content (AvgIpc) is 3.39. The molecule has 1 aliphatic rings. The molecule has 1 aromatic carbocycles. The van der Waals surface area contributed by atoms with Crippen molar-refractivity contribution >= 4 is 52.0 Å². The molecule has 0 fully saturated rings. The molecule has 0 N–H and O–H groups in total. The van der Waals surface area contributed by atoms with Gasteiger partial charge in [0.25, 0.3) is 0 Å². The fourth-order valence-electron chi connectivity index (χ4n) is 3.00. The van der Waals surface area contributed by atoms with Gasteiger partial charge in [-0.3, -0.25) is 9.36 Å². The van der Waals surface area contributed by atoms with Crippen LogP contribution in [0.2, 0.25) is 10.0 Å². The van der Waals surface area contributed by atoms with Gasteiger partial charge in [-0.15, -0.1) is 11.8 Å². The minimum atomic E-state index is -1.16. The number of nitrogens with zero attached hydrogens (tertiary/aromatic N) is 2. The summed E-state index contributed by atoms with van der Waals surface area (Å²) in [5.41, 5.74) is 0.167. The van der Waals surface area contributed by atoms with Gasteiger partial charge in [0.1, 0.15) is 12.4 Å². The molecule has 4 rings (SSSR count). The van der Waals surface area contributed by atoms with Crippen molar-refractivity contribution in [3.8, 4) is 0 Å². The Morgan fingerprint density at radius 3 is 2.96 bits per heavy atom. The second-order valence-electron chi connectivity index (χ2n) is 5.83. The minimum absolute atomic E-state index is 0.159. The molecule has 2 aromatic heterocycles. The van der Waals surface area contributed by atoms with Gasteiger partial charge in [-0.1, -0.05) is 23.2 Å². The highest BCUT2D eigenvalue weighted by Gasteiger charge is 2.49. The molecular weight excluding hydrogens is 411 g/mol. The van der Waals surface area contributed by atoms with E-state index in [1.165, 1.54) is 18.9 Å². The summed E-state index contributed by atoms with van der Waals surface area (Å²) in [6.07, 6.45) is 4.98. The Hall–Kier alpha value is -1.93. The van der Waals surface area contributed by atoms with Gasteiger partial charge in [0.05, 0.1) is 40.8 Å². The molecule has 9 heteroatoms. The molecule has 0 bridgehead atoms. The zero-order chi connectivity index (χ0) is 19.0. The monoisotopic (exact) mass is 424 g/mol. The maximum absolute atomic E-state index is 12.5. The van der Waals surface area contributed by atoms with E-state index >= 15 is 0 Å². The molecule has 3 aromatic rings. The normalized spacial score (nSPS) is 21.8. The van der Waals surface area contributed by atoms with Gasteiger partial charge in [-0.05, 0) is 35.7 Å². The largest absolute Gasteiger partial charge is 0.468 e. The maximum atomic E-state index is 12.5. The number of hydrogen-bond acceptors (Lipinski definition) is 6. The van der Waals surface area contributed by atoms with Crippen LogP contribution >= 0.6 is 35.0 Å². The summed E-state index contributed by atoms with van der Waals surface area (Å²) >= 11 is 13.6. The number of methoxy groups -OCH3 is 1. The van der Waals surface area contributed by atoms with Crippen molar-refractivity contribution in [2.45, 2.75) is 17.6 Å². The van der Waals surface area contributed by atoms with Crippen molar-refractivity contribution in [3.05, 3.63) is 64.1 Å². The quantitative estimate of drug-likeness (QED) is 0.557. The molecular formula is C18H14Cl2N2O4S. The third kappa shape index (κ3) is 3.14. The van der Waals surface area contributed by atoms with E-state index in [1.54, 1.807) is 41.4 Å². The molecule has 0 spiro atoms. The lowest BCUT2D eigenvalue weighted by molar-refractivity contribution is -0.151. The lowest BCUT2D eigenvalue weighted by Gasteiger charge is -2.34. The summed E-state index contributed by atoms with van der Waals surface area (Å²) in [7, 11) is 1.35. The second-order valence-corrected chi connectivity index (χ2v) is 7.66. The molecule has 0 saturated carbocycles. The first kappa shape index (κ1) is 18.4. The second kappa shape index (κ2) is 7.24. The number of halogens is 2. The van der Waals surface area contributed by atoms with Gasteiger partial charge in [0.15, 0.2) is 11.0 Å². The number of benzene rings is 1. The lowest BCUT2D eigenvalue weighted by Crippen LogP contribution is -2.46. The summed E-state index contributed by atoms with van der Waals surface area (Å²) in [6, 6.07) is 6.95.